The van der Waals surface area contributed by atoms with E-state index in [4.69, 9.17) is 10.5 Å². The van der Waals surface area contributed by atoms with Gasteiger partial charge in [-0.3, -0.25) is 0 Å². The zero-order valence-electron chi connectivity index (χ0n) is 10.6. The first-order chi connectivity index (χ1) is 9.02. The van der Waals surface area contributed by atoms with E-state index in [1.54, 1.807) is 24.3 Å². The van der Waals surface area contributed by atoms with Crippen LogP contribution in [0.1, 0.15) is 24.8 Å². The predicted molar refractivity (Wildman–Crippen MR) is 72.9 cm³/mol. The Balaban J connectivity index is 1.66. The van der Waals surface area contributed by atoms with Gasteiger partial charge in [-0.05, 0) is 37.0 Å². The van der Waals surface area contributed by atoms with Gasteiger partial charge in [0, 0.05) is 5.69 Å². The van der Waals surface area contributed by atoms with Crippen LogP contribution in [0.3, 0.4) is 0 Å². The van der Waals surface area contributed by atoms with Crippen LogP contribution in [0.25, 0.3) is 0 Å². The van der Waals surface area contributed by atoms with Crippen LogP contribution in [0.4, 0.5) is 5.69 Å². The minimum absolute atomic E-state index is 0.0358. The van der Waals surface area contributed by atoms with Crippen molar-refractivity contribution < 1.29 is 13.2 Å². The summed E-state index contributed by atoms with van der Waals surface area (Å²) in [7, 11) is -3.34. The Morgan fingerprint density at radius 1 is 1.37 bits per heavy atom. The Hall–Kier alpha value is -1.11. The molecule has 104 valence electrons. The number of benzene rings is 1. The molecule has 1 aromatic rings. The third-order valence-electron chi connectivity index (χ3n) is 3.74. The van der Waals surface area contributed by atoms with Gasteiger partial charge in [-0.2, -0.15) is 0 Å². The van der Waals surface area contributed by atoms with E-state index in [0.29, 0.717) is 11.3 Å². The molecule has 3 atom stereocenters. The molecule has 0 radical (unpaired) electrons. The van der Waals surface area contributed by atoms with Gasteiger partial charge in [0.15, 0.2) is 0 Å². The number of hydrogen-bond donors (Lipinski definition) is 2. The summed E-state index contributed by atoms with van der Waals surface area (Å²) in [6.07, 6.45) is 3.10. The van der Waals surface area contributed by atoms with Crippen LogP contribution in [-0.4, -0.2) is 26.7 Å². The Labute approximate surface area is 113 Å². The molecule has 0 spiro atoms. The highest BCUT2D eigenvalue weighted by atomic mass is 32.2. The van der Waals surface area contributed by atoms with E-state index in [0.717, 1.165) is 19.3 Å². The molecule has 5 nitrogen and oxygen atoms in total. The number of hydrogen-bond acceptors (Lipinski definition) is 4. The number of nitrogens with one attached hydrogen (secondary N) is 1. The largest absolute Gasteiger partial charge is 0.399 e. The van der Waals surface area contributed by atoms with Gasteiger partial charge < -0.3 is 10.5 Å². The highest BCUT2D eigenvalue weighted by Gasteiger charge is 2.42. The molecule has 2 fully saturated rings. The van der Waals surface area contributed by atoms with Crippen molar-refractivity contribution in [2.24, 2.45) is 0 Å². The Kier molecular flexibility index (Phi) is 3.24. The van der Waals surface area contributed by atoms with Crippen LogP contribution < -0.4 is 10.5 Å². The third kappa shape index (κ3) is 2.91. The monoisotopic (exact) mass is 282 g/mol. The van der Waals surface area contributed by atoms with E-state index in [-0.39, 0.29) is 24.0 Å². The minimum atomic E-state index is -3.34. The summed E-state index contributed by atoms with van der Waals surface area (Å²) in [5, 5.41) is 0. The molecular weight excluding hydrogens is 264 g/mol. The third-order valence-corrected chi connectivity index (χ3v) is 5.12. The van der Waals surface area contributed by atoms with Gasteiger partial charge in [-0.25, -0.2) is 13.1 Å². The molecule has 2 bridgehead atoms. The van der Waals surface area contributed by atoms with E-state index in [2.05, 4.69) is 4.72 Å². The van der Waals surface area contributed by atoms with Crippen molar-refractivity contribution in [2.45, 2.75) is 43.3 Å². The van der Waals surface area contributed by atoms with Crippen molar-refractivity contribution in [3.05, 3.63) is 29.8 Å². The molecule has 2 saturated heterocycles. The molecule has 3 unspecified atom stereocenters. The smallest absolute Gasteiger partial charge is 0.216 e. The summed E-state index contributed by atoms with van der Waals surface area (Å²) in [5.74, 6) is -0.0358. The average Bonchev–Trinajstić information content (AvgIpc) is 2.89. The van der Waals surface area contributed by atoms with Crippen LogP contribution in [0.5, 0.6) is 0 Å². The second kappa shape index (κ2) is 4.77. The summed E-state index contributed by atoms with van der Waals surface area (Å²) >= 11 is 0. The second-order valence-corrected chi connectivity index (χ2v) is 7.09. The van der Waals surface area contributed by atoms with Gasteiger partial charge in [0.05, 0.1) is 24.0 Å². The summed E-state index contributed by atoms with van der Waals surface area (Å²) in [6.45, 7) is 0. The summed E-state index contributed by atoms with van der Waals surface area (Å²) in [4.78, 5) is 0. The fraction of sp³-hybridized carbons (Fsp3) is 0.538. The molecule has 1 aromatic carbocycles. The van der Waals surface area contributed by atoms with E-state index >= 15 is 0 Å². The van der Waals surface area contributed by atoms with Crippen LogP contribution in [0.15, 0.2) is 24.3 Å². The van der Waals surface area contributed by atoms with Crippen molar-refractivity contribution in [1.82, 2.24) is 4.72 Å². The molecule has 2 heterocycles. The number of nitrogen functional groups attached to an aromatic ring is 1. The molecule has 0 amide bonds. The molecule has 0 aromatic heterocycles. The van der Waals surface area contributed by atoms with Gasteiger partial charge in [-0.1, -0.05) is 12.1 Å². The van der Waals surface area contributed by atoms with E-state index in [1.165, 1.54) is 0 Å². The van der Waals surface area contributed by atoms with E-state index < -0.39 is 10.0 Å². The van der Waals surface area contributed by atoms with Gasteiger partial charge in [0.1, 0.15) is 0 Å². The highest BCUT2D eigenvalue weighted by Crippen LogP contribution is 2.34. The molecule has 3 rings (SSSR count). The Bertz CT molecular complexity index is 573. The molecular formula is C13H18N2O3S. The van der Waals surface area contributed by atoms with Gasteiger partial charge >= 0.3 is 0 Å². The topological polar surface area (TPSA) is 81.4 Å². The van der Waals surface area contributed by atoms with Gasteiger partial charge in [-0.15, -0.1) is 0 Å². The fourth-order valence-electron chi connectivity index (χ4n) is 2.94. The van der Waals surface area contributed by atoms with Crippen molar-refractivity contribution in [1.29, 1.82) is 0 Å². The average molecular weight is 282 g/mol. The number of rotatable bonds is 4. The molecule has 3 N–H and O–H groups in total. The lowest BCUT2D eigenvalue weighted by Crippen LogP contribution is -2.41. The second-order valence-electron chi connectivity index (χ2n) is 5.34. The van der Waals surface area contributed by atoms with Crippen molar-refractivity contribution in [2.75, 3.05) is 5.73 Å². The number of sulfonamides is 1. The maximum atomic E-state index is 12.1. The molecule has 0 saturated carbocycles. The first-order valence-electron chi connectivity index (χ1n) is 6.52. The first kappa shape index (κ1) is 12.9. The minimum Gasteiger partial charge on any atom is -0.399 e. The zero-order valence-corrected chi connectivity index (χ0v) is 11.4. The summed E-state index contributed by atoms with van der Waals surface area (Å²) in [5.41, 5.74) is 6.94. The highest BCUT2D eigenvalue weighted by molar-refractivity contribution is 7.88. The van der Waals surface area contributed by atoms with Gasteiger partial charge in [0.25, 0.3) is 0 Å². The maximum absolute atomic E-state index is 12.1. The molecule has 2 aliphatic heterocycles. The number of nitrogens with two attached hydrogens (primary N) is 1. The molecule has 0 aliphatic carbocycles. The van der Waals surface area contributed by atoms with Crippen LogP contribution in [0, 0.1) is 0 Å². The number of ether oxygens (including phenoxy) is 1. The fourth-order valence-corrected chi connectivity index (χ4v) is 4.35. The van der Waals surface area contributed by atoms with Crippen LogP contribution in [0.2, 0.25) is 0 Å². The van der Waals surface area contributed by atoms with Crippen molar-refractivity contribution >= 4 is 15.7 Å². The number of anilines is 1. The molecule has 6 heteroatoms. The predicted octanol–water partition coefficient (Wildman–Crippen LogP) is 1.01. The molecule has 19 heavy (non-hydrogen) atoms. The number of fused-ring (bicyclic) bond motifs is 2. The molecule has 2 aliphatic rings. The standard InChI is InChI=1S/C13H18N2O3S/c14-10-3-1-2-9(6-10)8-19(16,17)15-12-7-11-4-5-13(12)18-11/h1-3,6,11-13,15H,4-5,7-8,14H2. The Morgan fingerprint density at radius 3 is 2.84 bits per heavy atom. The van der Waals surface area contributed by atoms with E-state index in [9.17, 15) is 8.42 Å². The zero-order chi connectivity index (χ0) is 13.5. The lowest BCUT2D eigenvalue weighted by molar-refractivity contribution is 0.0996. The van der Waals surface area contributed by atoms with Crippen molar-refractivity contribution in [3.8, 4) is 0 Å². The normalized spacial score (nSPS) is 29.8. The van der Waals surface area contributed by atoms with Crippen LogP contribution in [-0.2, 0) is 20.5 Å². The lowest BCUT2D eigenvalue weighted by atomic mass is 9.96. The quantitative estimate of drug-likeness (QED) is 0.808. The first-order valence-corrected chi connectivity index (χ1v) is 8.17. The van der Waals surface area contributed by atoms with Gasteiger partial charge in [0.2, 0.25) is 10.0 Å². The van der Waals surface area contributed by atoms with Crippen molar-refractivity contribution in [3.63, 3.8) is 0 Å². The maximum Gasteiger partial charge on any atom is 0.216 e. The lowest BCUT2D eigenvalue weighted by Gasteiger charge is -2.20. The summed E-state index contributed by atoms with van der Waals surface area (Å²) < 4.78 is 32.7. The summed E-state index contributed by atoms with van der Waals surface area (Å²) in [6, 6.07) is 6.90. The van der Waals surface area contributed by atoms with E-state index in [1.807, 2.05) is 0 Å². The van der Waals surface area contributed by atoms with Crippen LogP contribution >= 0.6 is 0 Å². The Morgan fingerprint density at radius 2 is 2.21 bits per heavy atom. The SMILES string of the molecule is Nc1cccc(CS(=O)(=O)NC2CC3CCC2O3)c1.